The maximum Gasteiger partial charge on any atom is 0.292 e. The molecule has 6 nitrogen and oxygen atoms in total. The summed E-state index contributed by atoms with van der Waals surface area (Å²) < 4.78 is 0. The molecule has 0 bridgehead atoms. The zero-order valence-electron chi connectivity index (χ0n) is 11.5. The summed E-state index contributed by atoms with van der Waals surface area (Å²) in [4.78, 5) is 12.1. The Morgan fingerprint density at radius 2 is 2.05 bits per heavy atom. The Bertz CT molecular complexity index is 722. The Morgan fingerprint density at radius 3 is 2.67 bits per heavy atom. The Labute approximate surface area is 122 Å². The van der Waals surface area contributed by atoms with Gasteiger partial charge in [0, 0.05) is 19.7 Å². The maximum absolute atomic E-state index is 10.7. The van der Waals surface area contributed by atoms with Crippen LogP contribution in [-0.4, -0.2) is 12.0 Å². The predicted octanol–water partition coefficient (Wildman–Crippen LogP) is 2.69. The largest absolute Gasteiger partial charge is 0.393 e. The van der Waals surface area contributed by atoms with Gasteiger partial charge in [-0.15, -0.1) is 0 Å². The molecule has 0 aliphatic rings. The number of nitrogens with two attached hydrogens (primary N) is 1. The van der Waals surface area contributed by atoms with Crippen LogP contribution in [0.25, 0.3) is 0 Å². The summed E-state index contributed by atoms with van der Waals surface area (Å²) in [6, 6.07) is 14.1. The molecule has 0 aliphatic carbocycles. The van der Waals surface area contributed by atoms with Gasteiger partial charge in [-0.2, -0.15) is 5.26 Å². The number of hydrogen-bond acceptors (Lipinski definition) is 5. The van der Waals surface area contributed by atoms with Crippen molar-refractivity contribution in [1.82, 2.24) is 0 Å². The number of benzene rings is 2. The smallest absolute Gasteiger partial charge is 0.292 e. The first-order valence-electron chi connectivity index (χ1n) is 6.26. The van der Waals surface area contributed by atoms with Crippen LogP contribution in [0.3, 0.4) is 0 Å². The highest BCUT2D eigenvalue weighted by Gasteiger charge is 2.13. The highest BCUT2D eigenvalue weighted by Crippen LogP contribution is 2.25. The van der Waals surface area contributed by atoms with Crippen LogP contribution in [-0.2, 0) is 6.54 Å². The molecule has 2 rings (SSSR count). The molecule has 0 amide bonds. The Kier molecular flexibility index (Phi) is 4.05. The molecule has 0 aromatic heterocycles. The highest BCUT2D eigenvalue weighted by atomic mass is 16.6. The SMILES string of the molecule is CN(Cc1ccc([N+](=O)[O-])c(N)c1)c1ccccc1C#N. The topological polar surface area (TPSA) is 96.2 Å². The lowest BCUT2D eigenvalue weighted by molar-refractivity contribution is -0.383. The molecule has 21 heavy (non-hydrogen) atoms. The van der Waals surface area contributed by atoms with Gasteiger partial charge in [0.15, 0.2) is 0 Å². The van der Waals surface area contributed by atoms with Gasteiger partial charge in [0.2, 0.25) is 0 Å². The van der Waals surface area contributed by atoms with E-state index in [2.05, 4.69) is 6.07 Å². The number of nitriles is 1. The standard InChI is InChI=1S/C15H14N4O2/c1-18(14-5-3-2-4-12(14)9-16)10-11-6-7-15(19(20)21)13(17)8-11/h2-8H,10,17H2,1H3. The van der Waals surface area contributed by atoms with Crippen molar-refractivity contribution in [2.45, 2.75) is 6.54 Å². The average molecular weight is 282 g/mol. The monoisotopic (exact) mass is 282 g/mol. The van der Waals surface area contributed by atoms with Gasteiger partial charge in [-0.1, -0.05) is 18.2 Å². The molecule has 106 valence electrons. The van der Waals surface area contributed by atoms with Crippen LogP contribution in [0.15, 0.2) is 42.5 Å². The minimum absolute atomic E-state index is 0.0983. The molecular formula is C15H14N4O2. The number of rotatable bonds is 4. The lowest BCUT2D eigenvalue weighted by atomic mass is 10.1. The van der Waals surface area contributed by atoms with Crippen molar-refractivity contribution < 1.29 is 4.92 Å². The summed E-state index contributed by atoms with van der Waals surface area (Å²) in [5.41, 5.74) is 7.94. The fourth-order valence-corrected chi connectivity index (χ4v) is 2.13. The summed E-state index contributed by atoms with van der Waals surface area (Å²) in [7, 11) is 1.85. The molecule has 0 saturated heterocycles. The zero-order valence-corrected chi connectivity index (χ0v) is 11.5. The molecule has 0 spiro atoms. The van der Waals surface area contributed by atoms with E-state index in [4.69, 9.17) is 11.0 Å². The second-order valence-corrected chi connectivity index (χ2v) is 4.64. The first-order chi connectivity index (χ1) is 10.0. The van der Waals surface area contributed by atoms with Crippen LogP contribution < -0.4 is 10.6 Å². The summed E-state index contributed by atoms with van der Waals surface area (Å²) in [6.45, 7) is 0.501. The van der Waals surface area contributed by atoms with Gasteiger partial charge < -0.3 is 10.6 Å². The molecule has 0 fully saturated rings. The zero-order chi connectivity index (χ0) is 15.4. The molecule has 0 unspecified atom stereocenters. The van der Waals surface area contributed by atoms with E-state index in [1.807, 2.05) is 24.1 Å². The van der Waals surface area contributed by atoms with Crippen LogP contribution in [0.1, 0.15) is 11.1 Å². The number of nitro benzene ring substituents is 1. The van der Waals surface area contributed by atoms with Crippen molar-refractivity contribution >= 4 is 17.1 Å². The summed E-state index contributed by atoms with van der Waals surface area (Å²) >= 11 is 0. The molecule has 0 atom stereocenters. The summed E-state index contributed by atoms with van der Waals surface area (Å²) in [5, 5.41) is 19.8. The van der Waals surface area contributed by atoms with E-state index in [-0.39, 0.29) is 11.4 Å². The Hall–Kier alpha value is -3.07. The van der Waals surface area contributed by atoms with E-state index in [0.29, 0.717) is 12.1 Å². The van der Waals surface area contributed by atoms with Crippen molar-refractivity contribution in [3.05, 3.63) is 63.7 Å². The molecule has 0 heterocycles. The van der Waals surface area contributed by atoms with Gasteiger partial charge in [-0.05, 0) is 23.8 Å². The van der Waals surface area contributed by atoms with Crippen LogP contribution in [0.2, 0.25) is 0 Å². The summed E-state index contributed by atoms with van der Waals surface area (Å²) in [5.74, 6) is 0. The second-order valence-electron chi connectivity index (χ2n) is 4.64. The molecule has 0 radical (unpaired) electrons. The van der Waals surface area contributed by atoms with Crippen molar-refractivity contribution in [3.8, 4) is 6.07 Å². The van der Waals surface area contributed by atoms with E-state index in [1.54, 1.807) is 24.3 Å². The van der Waals surface area contributed by atoms with Crippen LogP contribution in [0.4, 0.5) is 17.1 Å². The van der Waals surface area contributed by atoms with E-state index < -0.39 is 4.92 Å². The van der Waals surface area contributed by atoms with Gasteiger partial charge >= 0.3 is 0 Å². The van der Waals surface area contributed by atoms with Gasteiger partial charge in [-0.3, -0.25) is 10.1 Å². The van der Waals surface area contributed by atoms with Crippen molar-refractivity contribution in [2.75, 3.05) is 17.7 Å². The third kappa shape index (κ3) is 3.09. The number of hydrogen-bond donors (Lipinski definition) is 1. The fourth-order valence-electron chi connectivity index (χ4n) is 2.13. The molecule has 0 aliphatic heterocycles. The lowest BCUT2D eigenvalue weighted by Gasteiger charge is -2.20. The number of para-hydroxylation sites is 1. The predicted molar refractivity (Wildman–Crippen MR) is 80.8 cm³/mol. The number of nitrogen functional groups attached to an aromatic ring is 1. The van der Waals surface area contributed by atoms with Crippen molar-refractivity contribution in [2.24, 2.45) is 0 Å². The first kappa shape index (κ1) is 14.3. The fraction of sp³-hybridized carbons (Fsp3) is 0.133. The molecule has 6 heteroatoms. The van der Waals surface area contributed by atoms with Crippen LogP contribution >= 0.6 is 0 Å². The highest BCUT2D eigenvalue weighted by molar-refractivity contribution is 5.61. The van der Waals surface area contributed by atoms with Gasteiger partial charge in [0.1, 0.15) is 11.8 Å². The minimum Gasteiger partial charge on any atom is -0.393 e. The van der Waals surface area contributed by atoms with E-state index in [1.165, 1.54) is 6.07 Å². The molecule has 0 saturated carbocycles. The van der Waals surface area contributed by atoms with Crippen LogP contribution in [0, 0.1) is 21.4 Å². The second kappa shape index (κ2) is 5.92. The third-order valence-electron chi connectivity index (χ3n) is 3.14. The van der Waals surface area contributed by atoms with Crippen LogP contribution in [0.5, 0.6) is 0 Å². The molecule has 2 aromatic carbocycles. The third-order valence-corrected chi connectivity index (χ3v) is 3.14. The van der Waals surface area contributed by atoms with Crippen molar-refractivity contribution in [1.29, 1.82) is 5.26 Å². The first-order valence-corrected chi connectivity index (χ1v) is 6.26. The van der Waals surface area contributed by atoms with Gasteiger partial charge in [0.05, 0.1) is 16.2 Å². The summed E-state index contributed by atoms with van der Waals surface area (Å²) in [6.07, 6.45) is 0. The van der Waals surface area contributed by atoms with Gasteiger partial charge in [-0.25, -0.2) is 0 Å². The lowest BCUT2D eigenvalue weighted by Crippen LogP contribution is -2.17. The Balaban J connectivity index is 2.24. The molecule has 2 N–H and O–H groups in total. The van der Waals surface area contributed by atoms with E-state index in [9.17, 15) is 10.1 Å². The maximum atomic E-state index is 10.7. The quantitative estimate of drug-likeness (QED) is 0.528. The van der Waals surface area contributed by atoms with Gasteiger partial charge in [0.25, 0.3) is 5.69 Å². The normalized spacial score (nSPS) is 9.90. The number of nitro groups is 1. The molecular weight excluding hydrogens is 268 g/mol. The number of nitrogens with zero attached hydrogens (tertiary/aromatic N) is 3. The van der Waals surface area contributed by atoms with E-state index in [0.717, 1.165) is 11.3 Å². The Morgan fingerprint density at radius 1 is 1.33 bits per heavy atom. The van der Waals surface area contributed by atoms with E-state index >= 15 is 0 Å². The molecule has 2 aromatic rings. The average Bonchev–Trinajstić information content (AvgIpc) is 2.46. The minimum atomic E-state index is -0.506. The van der Waals surface area contributed by atoms with Crippen molar-refractivity contribution in [3.63, 3.8) is 0 Å². The number of anilines is 2.